The van der Waals surface area contributed by atoms with Crippen molar-refractivity contribution in [2.24, 2.45) is 5.92 Å². The van der Waals surface area contributed by atoms with Gasteiger partial charge in [-0.15, -0.1) is 0 Å². The second-order valence-corrected chi connectivity index (χ2v) is 8.55. The molecular weight excluding hydrogens is 310 g/mol. The highest BCUT2D eigenvalue weighted by molar-refractivity contribution is 8.13. The van der Waals surface area contributed by atoms with E-state index in [0.29, 0.717) is 23.6 Å². The largest absolute Gasteiger partial charge is 0.336 e. The van der Waals surface area contributed by atoms with Crippen LogP contribution in [0.2, 0.25) is 0 Å². The molecule has 0 saturated carbocycles. The number of hydrogen-bond acceptors (Lipinski definition) is 3. The molecule has 6 heteroatoms. The summed E-state index contributed by atoms with van der Waals surface area (Å²) in [6.07, 6.45) is 0.970. The second kappa shape index (κ2) is 5.61. The fourth-order valence-corrected chi connectivity index (χ4v) is 4.26. The molecule has 116 valence electrons. The van der Waals surface area contributed by atoms with E-state index in [0.717, 1.165) is 12.0 Å². The Balaban J connectivity index is 2.47. The van der Waals surface area contributed by atoms with Crippen LogP contribution in [0.4, 0.5) is 0 Å². The van der Waals surface area contributed by atoms with Gasteiger partial charge in [-0.05, 0) is 50.3 Å². The molecule has 1 saturated heterocycles. The predicted molar refractivity (Wildman–Crippen MR) is 83.2 cm³/mol. The van der Waals surface area contributed by atoms with E-state index in [4.69, 9.17) is 10.7 Å². The van der Waals surface area contributed by atoms with E-state index < -0.39 is 9.05 Å². The average Bonchev–Trinajstić information content (AvgIpc) is 2.66. The molecule has 21 heavy (non-hydrogen) atoms. The van der Waals surface area contributed by atoms with Gasteiger partial charge in [0.1, 0.15) is 0 Å². The summed E-state index contributed by atoms with van der Waals surface area (Å²) in [5.74, 6) is 0.344. The molecular formula is C15H20ClNO3S. The molecule has 1 aromatic rings. The molecule has 0 radical (unpaired) electrons. The maximum absolute atomic E-state index is 12.7. The van der Waals surface area contributed by atoms with Gasteiger partial charge in [-0.3, -0.25) is 4.79 Å². The third kappa shape index (κ3) is 3.24. The van der Waals surface area contributed by atoms with E-state index in [-0.39, 0.29) is 16.8 Å². The van der Waals surface area contributed by atoms with E-state index in [9.17, 15) is 13.2 Å². The molecule has 1 heterocycles. The summed E-state index contributed by atoms with van der Waals surface area (Å²) in [4.78, 5) is 14.5. The average molecular weight is 330 g/mol. The van der Waals surface area contributed by atoms with Gasteiger partial charge in [0, 0.05) is 28.8 Å². The fourth-order valence-electron chi connectivity index (χ4n) is 3.06. The number of hydrogen-bond donors (Lipinski definition) is 0. The van der Waals surface area contributed by atoms with Crippen molar-refractivity contribution in [2.75, 3.05) is 6.54 Å². The number of amides is 1. The number of carbonyl (C=O) groups excluding carboxylic acids is 1. The number of halogens is 1. The second-order valence-electron chi connectivity index (χ2n) is 6.02. The van der Waals surface area contributed by atoms with Crippen LogP contribution in [-0.4, -0.2) is 31.8 Å². The first-order valence-electron chi connectivity index (χ1n) is 6.98. The van der Waals surface area contributed by atoms with Crippen LogP contribution in [0.15, 0.2) is 17.0 Å². The molecule has 2 atom stereocenters. The summed E-state index contributed by atoms with van der Waals surface area (Å²) in [7, 11) is 1.60. The fraction of sp³-hybridized carbons (Fsp3) is 0.533. The Morgan fingerprint density at radius 1 is 1.24 bits per heavy atom. The first kappa shape index (κ1) is 16.3. The van der Waals surface area contributed by atoms with Gasteiger partial charge in [-0.2, -0.15) is 0 Å². The Morgan fingerprint density at radius 2 is 1.86 bits per heavy atom. The smallest absolute Gasteiger partial charge is 0.261 e. The molecule has 1 fully saturated rings. The molecule has 0 bridgehead atoms. The number of likely N-dealkylation sites (tertiary alicyclic amines) is 1. The number of nitrogens with zero attached hydrogens (tertiary/aromatic N) is 1. The Bertz CT molecular complexity index is 684. The van der Waals surface area contributed by atoms with Crippen molar-refractivity contribution in [3.8, 4) is 0 Å². The summed E-state index contributed by atoms with van der Waals surface area (Å²) < 4.78 is 23.2. The van der Waals surface area contributed by atoms with E-state index in [1.165, 1.54) is 6.07 Å². The minimum absolute atomic E-state index is 0.0121. The van der Waals surface area contributed by atoms with Gasteiger partial charge in [0.15, 0.2) is 0 Å². The van der Waals surface area contributed by atoms with Crippen LogP contribution in [0.25, 0.3) is 0 Å². The summed E-state index contributed by atoms with van der Waals surface area (Å²) in [6, 6.07) is 3.28. The molecule has 2 rings (SSSR count). The number of rotatable bonds is 2. The lowest BCUT2D eigenvalue weighted by Crippen LogP contribution is -2.34. The molecule has 2 unspecified atom stereocenters. The van der Waals surface area contributed by atoms with Crippen molar-refractivity contribution >= 4 is 25.6 Å². The lowest BCUT2D eigenvalue weighted by molar-refractivity contribution is 0.0743. The van der Waals surface area contributed by atoms with Crippen molar-refractivity contribution in [3.05, 3.63) is 28.8 Å². The summed E-state index contributed by atoms with van der Waals surface area (Å²) >= 11 is 0. The van der Waals surface area contributed by atoms with Crippen molar-refractivity contribution in [1.29, 1.82) is 0 Å². The SMILES string of the molecule is Cc1cc(C)c(S(=O)(=O)Cl)cc1C(=O)N1CC(C)CC1C. The zero-order valence-corrected chi connectivity index (χ0v) is 14.3. The summed E-state index contributed by atoms with van der Waals surface area (Å²) in [5.41, 5.74) is 1.75. The summed E-state index contributed by atoms with van der Waals surface area (Å²) in [5, 5.41) is 0. The molecule has 4 nitrogen and oxygen atoms in total. The van der Waals surface area contributed by atoms with Gasteiger partial charge in [-0.25, -0.2) is 8.42 Å². The monoisotopic (exact) mass is 329 g/mol. The maximum Gasteiger partial charge on any atom is 0.261 e. The normalized spacial score (nSPS) is 22.6. The quantitative estimate of drug-likeness (QED) is 0.783. The molecule has 1 aromatic carbocycles. The zero-order chi connectivity index (χ0) is 15.9. The Kier molecular flexibility index (Phi) is 4.36. The van der Waals surface area contributed by atoms with Gasteiger partial charge in [0.25, 0.3) is 15.0 Å². The van der Waals surface area contributed by atoms with Gasteiger partial charge < -0.3 is 4.90 Å². The van der Waals surface area contributed by atoms with Crippen LogP contribution in [0, 0.1) is 19.8 Å². The minimum Gasteiger partial charge on any atom is -0.336 e. The van der Waals surface area contributed by atoms with Crippen LogP contribution >= 0.6 is 10.7 Å². The number of carbonyl (C=O) groups is 1. The van der Waals surface area contributed by atoms with Gasteiger partial charge in [-0.1, -0.05) is 13.0 Å². The highest BCUT2D eigenvalue weighted by atomic mass is 35.7. The van der Waals surface area contributed by atoms with Crippen molar-refractivity contribution in [2.45, 2.75) is 45.1 Å². The standard InChI is InChI=1S/C15H20ClNO3S/c1-9-5-12(4)17(8-9)15(18)13-7-14(21(16,19)20)11(3)6-10(13)2/h6-7,9,12H,5,8H2,1-4H3. The third-order valence-corrected chi connectivity index (χ3v) is 5.52. The number of aryl methyl sites for hydroxylation is 2. The molecule has 0 N–H and O–H groups in total. The molecule has 1 amide bonds. The molecule has 0 spiro atoms. The Labute approximate surface area is 130 Å². The zero-order valence-electron chi connectivity index (χ0n) is 12.7. The van der Waals surface area contributed by atoms with Crippen LogP contribution in [0.3, 0.4) is 0 Å². The van der Waals surface area contributed by atoms with E-state index in [2.05, 4.69) is 6.92 Å². The van der Waals surface area contributed by atoms with Gasteiger partial charge in [0.05, 0.1) is 4.90 Å². The van der Waals surface area contributed by atoms with Crippen molar-refractivity contribution in [3.63, 3.8) is 0 Å². The minimum atomic E-state index is -3.85. The lowest BCUT2D eigenvalue weighted by Gasteiger charge is -2.23. The molecule has 0 aliphatic carbocycles. The third-order valence-electron chi connectivity index (χ3n) is 4.06. The van der Waals surface area contributed by atoms with Crippen LogP contribution < -0.4 is 0 Å². The van der Waals surface area contributed by atoms with E-state index in [1.807, 2.05) is 18.7 Å². The number of benzene rings is 1. The first-order chi connectivity index (χ1) is 9.61. The van der Waals surface area contributed by atoms with Crippen LogP contribution in [0.5, 0.6) is 0 Å². The highest BCUT2D eigenvalue weighted by Gasteiger charge is 2.31. The molecule has 0 aromatic heterocycles. The van der Waals surface area contributed by atoms with E-state index in [1.54, 1.807) is 13.0 Å². The Morgan fingerprint density at radius 3 is 2.33 bits per heavy atom. The maximum atomic E-state index is 12.7. The first-order valence-corrected chi connectivity index (χ1v) is 9.29. The van der Waals surface area contributed by atoms with E-state index >= 15 is 0 Å². The van der Waals surface area contributed by atoms with Crippen molar-refractivity contribution in [1.82, 2.24) is 4.90 Å². The molecule has 1 aliphatic rings. The Hall–Kier alpha value is -1.07. The van der Waals surface area contributed by atoms with Crippen molar-refractivity contribution < 1.29 is 13.2 Å². The van der Waals surface area contributed by atoms with Gasteiger partial charge in [0.2, 0.25) is 0 Å². The van der Waals surface area contributed by atoms with Crippen LogP contribution in [-0.2, 0) is 9.05 Å². The highest BCUT2D eigenvalue weighted by Crippen LogP contribution is 2.28. The predicted octanol–water partition coefficient (Wildman–Crippen LogP) is 3.10. The van der Waals surface area contributed by atoms with Gasteiger partial charge >= 0.3 is 0 Å². The topological polar surface area (TPSA) is 54.5 Å². The summed E-state index contributed by atoms with van der Waals surface area (Å²) in [6.45, 7) is 8.33. The molecule has 1 aliphatic heterocycles. The van der Waals surface area contributed by atoms with Crippen LogP contribution in [0.1, 0.15) is 41.8 Å². The lowest BCUT2D eigenvalue weighted by atomic mass is 10.0.